The Morgan fingerprint density at radius 3 is 2.72 bits per heavy atom. The first-order valence-electron chi connectivity index (χ1n) is 9.80. The van der Waals surface area contributed by atoms with Crippen LogP contribution in [0.15, 0.2) is 48.5 Å². The van der Waals surface area contributed by atoms with Gasteiger partial charge in [0.15, 0.2) is 0 Å². The number of hydrogen-bond donors (Lipinski definition) is 2. The molecular formula is C22H25ClFN3O2. The molecule has 3 rings (SSSR count). The van der Waals surface area contributed by atoms with Crippen LogP contribution in [0.4, 0.5) is 4.39 Å². The molecule has 7 heteroatoms. The fraction of sp³-hybridized carbons (Fsp3) is 0.364. The molecule has 0 aliphatic carbocycles. The molecule has 1 fully saturated rings. The first-order chi connectivity index (χ1) is 14.0. The largest absolute Gasteiger partial charge is 0.352 e. The van der Waals surface area contributed by atoms with Crippen LogP contribution < -0.4 is 10.6 Å². The topological polar surface area (TPSA) is 61.4 Å². The summed E-state index contributed by atoms with van der Waals surface area (Å²) >= 11 is 5.88. The standard InChI is InChI=1S/C22H25ClFN3O2/c23-20-13-17(24)8-9-19(20)22(29)25-11-10-21(28)26-18-7-4-12-27(15-18)14-16-5-2-1-3-6-16/h1-3,5-6,8-9,13,18H,4,7,10-12,14-15H2,(H,25,29)(H,26,28). The van der Waals surface area contributed by atoms with Gasteiger partial charge >= 0.3 is 0 Å². The summed E-state index contributed by atoms with van der Waals surface area (Å²) in [5.74, 6) is -1.02. The van der Waals surface area contributed by atoms with Crippen molar-refractivity contribution in [3.05, 3.63) is 70.5 Å². The first kappa shape index (κ1) is 21.3. The molecular weight excluding hydrogens is 393 g/mol. The van der Waals surface area contributed by atoms with Crippen LogP contribution in [0.2, 0.25) is 5.02 Å². The summed E-state index contributed by atoms with van der Waals surface area (Å²) in [5.41, 5.74) is 1.46. The van der Waals surface area contributed by atoms with Crippen LogP contribution in [0.25, 0.3) is 0 Å². The zero-order valence-corrected chi connectivity index (χ0v) is 16.9. The van der Waals surface area contributed by atoms with Crippen LogP contribution >= 0.6 is 11.6 Å². The Balaban J connectivity index is 1.40. The average molecular weight is 418 g/mol. The number of rotatable bonds is 7. The van der Waals surface area contributed by atoms with Crippen LogP contribution in [0.1, 0.15) is 35.2 Å². The van der Waals surface area contributed by atoms with E-state index in [1.165, 1.54) is 17.7 Å². The minimum Gasteiger partial charge on any atom is -0.352 e. The second-order valence-corrected chi connectivity index (χ2v) is 7.66. The van der Waals surface area contributed by atoms with Crippen molar-refractivity contribution in [3.63, 3.8) is 0 Å². The van der Waals surface area contributed by atoms with E-state index in [0.717, 1.165) is 38.5 Å². The van der Waals surface area contributed by atoms with Crippen molar-refractivity contribution >= 4 is 23.4 Å². The molecule has 2 amide bonds. The molecule has 1 heterocycles. The lowest BCUT2D eigenvalue weighted by molar-refractivity contribution is -0.122. The van der Waals surface area contributed by atoms with E-state index in [4.69, 9.17) is 11.6 Å². The van der Waals surface area contributed by atoms with E-state index in [1.54, 1.807) is 0 Å². The molecule has 1 aliphatic heterocycles. The van der Waals surface area contributed by atoms with Gasteiger partial charge in [-0.2, -0.15) is 0 Å². The van der Waals surface area contributed by atoms with E-state index in [2.05, 4.69) is 27.7 Å². The van der Waals surface area contributed by atoms with Crippen LogP contribution in [0.3, 0.4) is 0 Å². The maximum Gasteiger partial charge on any atom is 0.252 e. The Morgan fingerprint density at radius 2 is 1.97 bits per heavy atom. The highest BCUT2D eigenvalue weighted by atomic mass is 35.5. The molecule has 2 aromatic rings. The Labute approximate surface area is 175 Å². The van der Waals surface area contributed by atoms with Crippen LogP contribution in [-0.4, -0.2) is 42.4 Å². The maximum absolute atomic E-state index is 13.1. The summed E-state index contributed by atoms with van der Waals surface area (Å²) < 4.78 is 13.1. The summed E-state index contributed by atoms with van der Waals surface area (Å²) in [5, 5.41) is 5.76. The van der Waals surface area contributed by atoms with Crippen molar-refractivity contribution in [2.75, 3.05) is 19.6 Å². The normalized spacial score (nSPS) is 17.0. The molecule has 0 spiro atoms. The van der Waals surface area contributed by atoms with Gasteiger partial charge in [-0.25, -0.2) is 4.39 Å². The molecule has 5 nitrogen and oxygen atoms in total. The third-order valence-electron chi connectivity index (χ3n) is 4.93. The van der Waals surface area contributed by atoms with Crippen molar-refractivity contribution in [2.45, 2.75) is 31.8 Å². The van der Waals surface area contributed by atoms with E-state index < -0.39 is 11.7 Å². The molecule has 2 N–H and O–H groups in total. The number of hydrogen-bond acceptors (Lipinski definition) is 3. The predicted octanol–water partition coefficient (Wildman–Crippen LogP) is 3.38. The minimum absolute atomic E-state index is 0.0488. The summed E-state index contributed by atoms with van der Waals surface area (Å²) in [6.07, 6.45) is 2.17. The summed E-state index contributed by atoms with van der Waals surface area (Å²) in [6, 6.07) is 14.0. The predicted molar refractivity (Wildman–Crippen MR) is 111 cm³/mol. The summed E-state index contributed by atoms with van der Waals surface area (Å²) in [6.45, 7) is 2.91. The van der Waals surface area contributed by atoms with E-state index in [9.17, 15) is 14.0 Å². The van der Waals surface area contributed by atoms with Crippen molar-refractivity contribution < 1.29 is 14.0 Å². The maximum atomic E-state index is 13.1. The van der Waals surface area contributed by atoms with Crippen LogP contribution in [0.5, 0.6) is 0 Å². The van der Waals surface area contributed by atoms with Gasteiger partial charge in [-0.3, -0.25) is 14.5 Å². The number of likely N-dealkylation sites (tertiary alicyclic amines) is 1. The van der Waals surface area contributed by atoms with E-state index in [-0.39, 0.29) is 35.5 Å². The lowest BCUT2D eigenvalue weighted by Gasteiger charge is -2.33. The van der Waals surface area contributed by atoms with Crippen molar-refractivity contribution in [3.8, 4) is 0 Å². The molecule has 1 unspecified atom stereocenters. The fourth-order valence-electron chi connectivity index (χ4n) is 3.52. The molecule has 0 radical (unpaired) electrons. The minimum atomic E-state index is -0.500. The number of carbonyl (C=O) groups excluding carboxylic acids is 2. The van der Waals surface area contributed by atoms with Crippen molar-refractivity contribution in [2.24, 2.45) is 0 Å². The number of carbonyl (C=O) groups is 2. The van der Waals surface area contributed by atoms with Gasteiger partial charge in [0, 0.05) is 32.1 Å². The zero-order valence-electron chi connectivity index (χ0n) is 16.2. The SMILES string of the molecule is O=C(CCNC(=O)c1ccc(F)cc1Cl)NC1CCCN(Cc2ccccc2)C1. The molecule has 29 heavy (non-hydrogen) atoms. The monoisotopic (exact) mass is 417 g/mol. The smallest absolute Gasteiger partial charge is 0.252 e. The number of halogens is 2. The third-order valence-corrected chi connectivity index (χ3v) is 5.25. The lowest BCUT2D eigenvalue weighted by Crippen LogP contribution is -2.47. The van der Waals surface area contributed by atoms with Gasteiger partial charge in [0.1, 0.15) is 5.82 Å². The van der Waals surface area contributed by atoms with Gasteiger partial charge < -0.3 is 10.6 Å². The molecule has 2 aromatic carbocycles. The second-order valence-electron chi connectivity index (χ2n) is 7.26. The second kappa shape index (κ2) is 10.4. The molecule has 0 bridgehead atoms. The summed E-state index contributed by atoms with van der Waals surface area (Å²) in [7, 11) is 0. The van der Waals surface area contributed by atoms with Gasteiger partial charge in [0.25, 0.3) is 5.91 Å². The van der Waals surface area contributed by atoms with Crippen molar-refractivity contribution in [1.82, 2.24) is 15.5 Å². The molecule has 0 aromatic heterocycles. The number of amides is 2. The lowest BCUT2D eigenvalue weighted by atomic mass is 10.0. The number of nitrogens with one attached hydrogen (secondary N) is 2. The Morgan fingerprint density at radius 1 is 1.17 bits per heavy atom. The quantitative estimate of drug-likeness (QED) is 0.726. The Hall–Kier alpha value is -2.44. The molecule has 1 saturated heterocycles. The number of piperidine rings is 1. The molecule has 1 aliphatic rings. The van der Waals surface area contributed by atoms with Crippen LogP contribution in [-0.2, 0) is 11.3 Å². The van der Waals surface area contributed by atoms with E-state index in [1.807, 2.05) is 18.2 Å². The fourth-order valence-corrected chi connectivity index (χ4v) is 3.77. The molecule has 1 atom stereocenters. The van der Waals surface area contributed by atoms with Gasteiger partial charge in [0.2, 0.25) is 5.91 Å². The number of benzene rings is 2. The first-order valence-corrected chi connectivity index (χ1v) is 10.2. The highest BCUT2D eigenvalue weighted by molar-refractivity contribution is 6.33. The van der Waals surface area contributed by atoms with E-state index >= 15 is 0 Å². The Kier molecular flexibility index (Phi) is 7.61. The molecule has 154 valence electrons. The number of nitrogens with zero attached hydrogens (tertiary/aromatic N) is 1. The van der Waals surface area contributed by atoms with Gasteiger partial charge in [-0.1, -0.05) is 41.9 Å². The van der Waals surface area contributed by atoms with Gasteiger partial charge in [0.05, 0.1) is 10.6 Å². The Bertz CT molecular complexity index is 847. The van der Waals surface area contributed by atoms with Crippen molar-refractivity contribution in [1.29, 1.82) is 0 Å². The van der Waals surface area contributed by atoms with Crippen LogP contribution in [0, 0.1) is 5.82 Å². The van der Waals surface area contributed by atoms with Gasteiger partial charge in [-0.05, 0) is 43.1 Å². The average Bonchev–Trinajstić information content (AvgIpc) is 2.69. The molecule has 0 saturated carbocycles. The van der Waals surface area contributed by atoms with E-state index in [0.29, 0.717) is 0 Å². The highest BCUT2D eigenvalue weighted by Gasteiger charge is 2.21. The van der Waals surface area contributed by atoms with Gasteiger partial charge in [-0.15, -0.1) is 0 Å². The summed E-state index contributed by atoms with van der Waals surface area (Å²) in [4.78, 5) is 26.7. The highest BCUT2D eigenvalue weighted by Crippen LogP contribution is 2.17. The third kappa shape index (κ3) is 6.54. The zero-order chi connectivity index (χ0) is 20.6.